The molecule has 0 amide bonds. The molecule has 0 saturated heterocycles. The van der Waals surface area contributed by atoms with Gasteiger partial charge >= 0.3 is 0 Å². The number of anilines is 3. The lowest BCUT2D eigenvalue weighted by Gasteiger charge is -2.29. The van der Waals surface area contributed by atoms with Crippen molar-refractivity contribution < 1.29 is 4.42 Å². The molecule has 0 unspecified atom stereocenters. The Bertz CT molecular complexity index is 3330. The van der Waals surface area contributed by atoms with Gasteiger partial charge in [0.1, 0.15) is 5.58 Å². The minimum absolute atomic E-state index is 0.845. The molecule has 0 aliphatic rings. The Morgan fingerprint density at radius 3 is 1.68 bits per heavy atom. The number of hydrogen-bond donors (Lipinski definition) is 0. The zero-order valence-electron chi connectivity index (χ0n) is 32.9. The summed E-state index contributed by atoms with van der Waals surface area (Å²) in [5.74, 6) is 0. The van der Waals surface area contributed by atoms with Gasteiger partial charge in [-0.2, -0.15) is 0 Å². The Morgan fingerprint density at radius 1 is 0.300 bits per heavy atom. The van der Waals surface area contributed by atoms with Crippen LogP contribution in [0.1, 0.15) is 0 Å². The minimum atomic E-state index is 0.845. The van der Waals surface area contributed by atoms with E-state index in [2.05, 4.69) is 235 Å². The molecule has 2 nitrogen and oxygen atoms in total. The SMILES string of the molecule is c1ccc(-c2ccccc2-c2c(-c3ccccc3)cccc2-c2ccccc2N(c2cccc(-c3ccc4ccccc4c3)c2)c2cccc3c2oc2ccccc23)cc1. The maximum Gasteiger partial charge on any atom is 0.159 e. The molecule has 1 heterocycles. The van der Waals surface area contributed by atoms with Crippen LogP contribution in [0.2, 0.25) is 0 Å². The van der Waals surface area contributed by atoms with Crippen LogP contribution < -0.4 is 4.90 Å². The van der Waals surface area contributed by atoms with E-state index in [0.29, 0.717) is 0 Å². The highest BCUT2D eigenvalue weighted by atomic mass is 16.3. The summed E-state index contributed by atoms with van der Waals surface area (Å²) in [5.41, 5.74) is 16.4. The summed E-state index contributed by atoms with van der Waals surface area (Å²) < 4.78 is 6.81. The second-order valence-electron chi connectivity index (χ2n) is 15.2. The Morgan fingerprint density at radius 2 is 0.850 bits per heavy atom. The van der Waals surface area contributed by atoms with Crippen molar-refractivity contribution in [2.24, 2.45) is 0 Å². The van der Waals surface area contributed by atoms with Crippen molar-refractivity contribution in [1.82, 2.24) is 0 Å². The van der Waals surface area contributed by atoms with Crippen LogP contribution in [0.5, 0.6) is 0 Å². The molecule has 0 saturated carbocycles. The first kappa shape index (κ1) is 35.2. The summed E-state index contributed by atoms with van der Waals surface area (Å²) in [4.78, 5) is 2.40. The fourth-order valence-electron chi connectivity index (χ4n) is 8.90. The third-order valence-corrected chi connectivity index (χ3v) is 11.7. The normalized spacial score (nSPS) is 11.3. The minimum Gasteiger partial charge on any atom is -0.454 e. The Kier molecular flexibility index (Phi) is 8.87. The molecule has 0 atom stereocenters. The highest BCUT2D eigenvalue weighted by Gasteiger charge is 2.25. The third kappa shape index (κ3) is 6.23. The van der Waals surface area contributed by atoms with Crippen molar-refractivity contribution in [3.63, 3.8) is 0 Å². The molecular weight excluding hydrogens is 727 g/mol. The fraction of sp³-hybridized carbons (Fsp3) is 0. The lowest BCUT2D eigenvalue weighted by atomic mass is 9.84. The third-order valence-electron chi connectivity index (χ3n) is 11.7. The molecule has 282 valence electrons. The number of nitrogens with zero attached hydrogens (tertiary/aromatic N) is 1. The average molecular weight is 766 g/mol. The number of rotatable bonds is 8. The first-order valence-electron chi connectivity index (χ1n) is 20.5. The molecule has 10 aromatic carbocycles. The summed E-state index contributed by atoms with van der Waals surface area (Å²) in [7, 11) is 0. The topological polar surface area (TPSA) is 16.4 Å². The molecule has 0 fully saturated rings. The second-order valence-corrected chi connectivity index (χ2v) is 15.2. The van der Waals surface area contributed by atoms with Gasteiger partial charge < -0.3 is 9.32 Å². The van der Waals surface area contributed by atoms with E-state index in [4.69, 9.17) is 4.42 Å². The molecule has 0 N–H and O–H groups in total. The molecule has 0 aliphatic carbocycles. The molecule has 2 heteroatoms. The Hall–Kier alpha value is -7.94. The van der Waals surface area contributed by atoms with Gasteiger partial charge in [0.05, 0.1) is 11.4 Å². The van der Waals surface area contributed by atoms with Crippen LogP contribution in [0.4, 0.5) is 17.1 Å². The maximum absolute atomic E-state index is 6.81. The Labute approximate surface area is 349 Å². The molecule has 0 radical (unpaired) electrons. The van der Waals surface area contributed by atoms with Gasteiger partial charge in [-0.05, 0) is 97.2 Å². The van der Waals surface area contributed by atoms with Gasteiger partial charge in [0.15, 0.2) is 5.58 Å². The summed E-state index contributed by atoms with van der Waals surface area (Å²) in [6, 6.07) is 84.9. The molecule has 11 aromatic rings. The van der Waals surface area contributed by atoms with Crippen LogP contribution in [-0.4, -0.2) is 0 Å². The lowest BCUT2D eigenvalue weighted by molar-refractivity contribution is 0.669. The van der Waals surface area contributed by atoms with Crippen LogP contribution >= 0.6 is 0 Å². The van der Waals surface area contributed by atoms with E-state index in [9.17, 15) is 0 Å². The lowest BCUT2D eigenvalue weighted by Crippen LogP contribution is -2.12. The number of para-hydroxylation sites is 3. The van der Waals surface area contributed by atoms with Gasteiger partial charge in [0.2, 0.25) is 0 Å². The van der Waals surface area contributed by atoms with E-state index in [1.807, 2.05) is 6.07 Å². The highest BCUT2D eigenvalue weighted by Crippen LogP contribution is 2.50. The van der Waals surface area contributed by atoms with Crippen molar-refractivity contribution in [2.75, 3.05) is 4.90 Å². The zero-order chi connectivity index (χ0) is 39.8. The summed E-state index contributed by atoms with van der Waals surface area (Å²) in [6.07, 6.45) is 0. The molecule has 11 rings (SSSR count). The van der Waals surface area contributed by atoms with Crippen LogP contribution in [-0.2, 0) is 0 Å². The van der Waals surface area contributed by atoms with Crippen molar-refractivity contribution >= 4 is 49.8 Å². The predicted octanol–water partition coefficient (Wildman–Crippen LogP) is 16.5. The first-order chi connectivity index (χ1) is 29.8. The number of benzene rings is 10. The molecular formula is C58H39NO. The van der Waals surface area contributed by atoms with E-state index >= 15 is 0 Å². The fourth-order valence-corrected chi connectivity index (χ4v) is 8.90. The van der Waals surface area contributed by atoms with E-state index in [0.717, 1.165) is 55.7 Å². The van der Waals surface area contributed by atoms with Crippen molar-refractivity contribution in [3.8, 4) is 55.6 Å². The largest absolute Gasteiger partial charge is 0.454 e. The molecule has 60 heavy (non-hydrogen) atoms. The van der Waals surface area contributed by atoms with Crippen LogP contribution in [0, 0.1) is 0 Å². The number of furan rings is 1. The van der Waals surface area contributed by atoms with E-state index < -0.39 is 0 Å². The van der Waals surface area contributed by atoms with E-state index in [-0.39, 0.29) is 0 Å². The van der Waals surface area contributed by atoms with Crippen molar-refractivity contribution in [2.45, 2.75) is 0 Å². The van der Waals surface area contributed by atoms with Gasteiger partial charge in [-0.25, -0.2) is 0 Å². The number of hydrogen-bond acceptors (Lipinski definition) is 2. The zero-order valence-corrected chi connectivity index (χ0v) is 32.9. The quantitative estimate of drug-likeness (QED) is 0.153. The van der Waals surface area contributed by atoms with Crippen LogP contribution in [0.25, 0.3) is 88.3 Å². The monoisotopic (exact) mass is 765 g/mol. The van der Waals surface area contributed by atoms with Crippen LogP contribution in [0.15, 0.2) is 241 Å². The predicted molar refractivity (Wildman–Crippen MR) is 253 cm³/mol. The van der Waals surface area contributed by atoms with E-state index in [1.54, 1.807) is 0 Å². The molecule has 1 aromatic heterocycles. The second kappa shape index (κ2) is 15.1. The van der Waals surface area contributed by atoms with E-state index in [1.165, 1.54) is 49.7 Å². The van der Waals surface area contributed by atoms with Gasteiger partial charge in [0, 0.05) is 22.0 Å². The number of fused-ring (bicyclic) bond motifs is 4. The highest BCUT2D eigenvalue weighted by molar-refractivity contribution is 6.11. The Balaban J connectivity index is 1.19. The molecule has 0 bridgehead atoms. The standard InChI is InChI=1S/C58H39NO/c1-3-19-41(20-4-1)47-26-9-10-29-51(47)57-48(42-21-5-2-6-22-42)30-16-31-52(57)49-27-11-13-33-54(49)59(55-34-17-32-53-50-28-12-14-35-56(50)60-58(53)55)46-25-15-24-44(39-46)45-37-36-40-18-7-8-23-43(40)38-45/h1-39H. The van der Waals surface area contributed by atoms with Crippen molar-refractivity contribution in [1.29, 1.82) is 0 Å². The average Bonchev–Trinajstić information content (AvgIpc) is 3.72. The summed E-state index contributed by atoms with van der Waals surface area (Å²) in [5, 5.41) is 4.63. The van der Waals surface area contributed by atoms with Crippen molar-refractivity contribution in [3.05, 3.63) is 237 Å². The molecule has 0 spiro atoms. The van der Waals surface area contributed by atoms with Crippen LogP contribution in [0.3, 0.4) is 0 Å². The summed E-state index contributed by atoms with van der Waals surface area (Å²) in [6.45, 7) is 0. The molecule has 0 aliphatic heterocycles. The first-order valence-corrected chi connectivity index (χ1v) is 20.5. The van der Waals surface area contributed by atoms with Gasteiger partial charge in [-0.3, -0.25) is 0 Å². The summed E-state index contributed by atoms with van der Waals surface area (Å²) >= 11 is 0. The van der Waals surface area contributed by atoms with Gasteiger partial charge in [-0.15, -0.1) is 0 Å². The van der Waals surface area contributed by atoms with Gasteiger partial charge in [-0.1, -0.05) is 200 Å². The van der Waals surface area contributed by atoms with Gasteiger partial charge in [0.25, 0.3) is 0 Å². The maximum atomic E-state index is 6.81. The smallest absolute Gasteiger partial charge is 0.159 e.